The summed E-state index contributed by atoms with van der Waals surface area (Å²) in [5.74, 6) is 0.294. The summed E-state index contributed by atoms with van der Waals surface area (Å²) >= 11 is 5.44. The van der Waals surface area contributed by atoms with Crippen LogP contribution in [0.4, 0.5) is 5.69 Å². The molecule has 11 heteroatoms. The highest BCUT2D eigenvalue weighted by molar-refractivity contribution is 7.71. The van der Waals surface area contributed by atoms with Crippen LogP contribution in [0.25, 0.3) is 44.6 Å². The summed E-state index contributed by atoms with van der Waals surface area (Å²) in [5.41, 5.74) is 3.39. The molecule has 0 radical (unpaired) electrons. The number of morpholine rings is 1. The number of nitro benzene ring substituents is 1. The molecule has 0 atom stereocenters. The maximum absolute atomic E-state index is 11.4. The number of nitro groups is 1. The van der Waals surface area contributed by atoms with Gasteiger partial charge in [0.2, 0.25) is 0 Å². The lowest BCUT2D eigenvalue weighted by Gasteiger charge is -2.25. The SMILES string of the molecule is O=[N+]([O-])c1cccc(-c2nc(-c3nn(CN4CCOCC4)c(=S)o3)cc3c2[nH]c2ccccc23)c1. The average Bonchev–Trinajstić information content (AvgIpc) is 3.44. The number of benzene rings is 2. The third-order valence-electron chi connectivity index (χ3n) is 6.09. The monoisotopic (exact) mass is 488 g/mol. The van der Waals surface area contributed by atoms with Crippen molar-refractivity contribution in [2.24, 2.45) is 0 Å². The summed E-state index contributed by atoms with van der Waals surface area (Å²) in [4.78, 5) is 21.7. The highest BCUT2D eigenvalue weighted by Crippen LogP contribution is 2.35. The number of H-pyrrole nitrogens is 1. The van der Waals surface area contributed by atoms with E-state index in [-0.39, 0.29) is 10.5 Å². The molecule has 35 heavy (non-hydrogen) atoms. The first-order valence-corrected chi connectivity index (χ1v) is 11.5. The lowest BCUT2D eigenvalue weighted by molar-refractivity contribution is -0.384. The van der Waals surface area contributed by atoms with Crippen LogP contribution in [0.2, 0.25) is 0 Å². The van der Waals surface area contributed by atoms with Crippen LogP contribution < -0.4 is 0 Å². The van der Waals surface area contributed by atoms with Crippen molar-refractivity contribution in [1.82, 2.24) is 24.6 Å². The first-order chi connectivity index (χ1) is 17.1. The van der Waals surface area contributed by atoms with Crippen LogP contribution in [0.5, 0.6) is 0 Å². The Kier molecular flexibility index (Phi) is 5.36. The minimum absolute atomic E-state index is 0.00807. The minimum atomic E-state index is -0.415. The molecule has 1 aliphatic rings. The Bertz CT molecular complexity index is 1630. The van der Waals surface area contributed by atoms with Gasteiger partial charge >= 0.3 is 0 Å². The number of nitrogens with one attached hydrogen (secondary N) is 1. The maximum atomic E-state index is 11.4. The second-order valence-corrected chi connectivity index (χ2v) is 8.65. The molecule has 4 heterocycles. The van der Waals surface area contributed by atoms with Crippen molar-refractivity contribution in [2.75, 3.05) is 26.3 Å². The molecule has 5 aromatic rings. The number of aromatic amines is 1. The smallest absolute Gasteiger partial charge is 0.288 e. The van der Waals surface area contributed by atoms with Gasteiger partial charge in [-0.15, -0.1) is 5.10 Å². The molecule has 1 saturated heterocycles. The van der Waals surface area contributed by atoms with Gasteiger partial charge in [-0.3, -0.25) is 15.0 Å². The molecular weight excluding hydrogens is 468 g/mol. The predicted octanol–water partition coefficient (Wildman–Crippen LogP) is 4.77. The second kappa shape index (κ2) is 8.69. The lowest BCUT2D eigenvalue weighted by Crippen LogP contribution is -2.37. The Morgan fingerprint density at radius 3 is 2.74 bits per heavy atom. The number of rotatable bonds is 5. The van der Waals surface area contributed by atoms with E-state index in [1.807, 2.05) is 30.3 Å². The van der Waals surface area contributed by atoms with Crippen LogP contribution in [0, 0.1) is 15.0 Å². The number of para-hydroxylation sites is 1. The second-order valence-electron chi connectivity index (χ2n) is 8.30. The fourth-order valence-corrected chi connectivity index (χ4v) is 4.54. The maximum Gasteiger partial charge on any atom is 0.288 e. The van der Waals surface area contributed by atoms with E-state index in [0.717, 1.165) is 34.9 Å². The standard InChI is InChI=1S/C24H20N6O4S/c31-30(32)16-5-3-4-15(12-16)21-22-18(17-6-1-2-7-19(17)25-22)13-20(26-21)23-27-29(24(35)34-23)14-28-8-10-33-11-9-28/h1-7,12-13,25H,8-11,14H2. The molecule has 1 fully saturated rings. The molecule has 0 aliphatic carbocycles. The third-order valence-corrected chi connectivity index (χ3v) is 6.38. The van der Waals surface area contributed by atoms with Crippen molar-refractivity contribution >= 4 is 39.7 Å². The molecule has 176 valence electrons. The molecule has 0 bridgehead atoms. The summed E-state index contributed by atoms with van der Waals surface area (Å²) < 4.78 is 12.9. The minimum Gasteiger partial charge on any atom is -0.408 e. The van der Waals surface area contributed by atoms with Crippen molar-refractivity contribution in [2.45, 2.75) is 6.67 Å². The molecule has 1 aliphatic heterocycles. The van der Waals surface area contributed by atoms with Crippen molar-refractivity contribution in [1.29, 1.82) is 0 Å². The van der Waals surface area contributed by atoms with E-state index in [4.69, 9.17) is 26.4 Å². The van der Waals surface area contributed by atoms with Gasteiger partial charge in [-0.25, -0.2) is 9.67 Å². The number of non-ortho nitro benzene ring substituents is 1. The molecule has 10 nitrogen and oxygen atoms in total. The normalized spacial score (nSPS) is 14.6. The quantitative estimate of drug-likeness (QED) is 0.214. The zero-order chi connectivity index (χ0) is 23.9. The van der Waals surface area contributed by atoms with Crippen LogP contribution >= 0.6 is 12.2 Å². The fourth-order valence-electron chi connectivity index (χ4n) is 4.36. The molecule has 3 aromatic heterocycles. The summed E-state index contributed by atoms with van der Waals surface area (Å²) in [6.07, 6.45) is 0. The first-order valence-electron chi connectivity index (χ1n) is 11.1. The summed E-state index contributed by atoms with van der Waals surface area (Å²) in [7, 11) is 0. The van der Waals surface area contributed by atoms with Gasteiger partial charge in [-0.05, 0) is 24.4 Å². The Morgan fingerprint density at radius 1 is 1.09 bits per heavy atom. The zero-order valence-corrected chi connectivity index (χ0v) is 19.3. The molecule has 0 unspecified atom stereocenters. The van der Waals surface area contributed by atoms with E-state index in [1.54, 1.807) is 16.8 Å². The number of aromatic nitrogens is 4. The van der Waals surface area contributed by atoms with E-state index in [9.17, 15) is 10.1 Å². The molecule has 2 aromatic carbocycles. The molecule has 0 amide bonds. The molecule has 0 saturated carbocycles. The summed E-state index contributed by atoms with van der Waals surface area (Å²) in [6, 6.07) is 16.3. The Balaban J connectivity index is 1.51. The number of nitrogens with zero attached hydrogens (tertiary/aromatic N) is 5. The van der Waals surface area contributed by atoms with Gasteiger partial charge in [-0.2, -0.15) is 0 Å². The fraction of sp³-hybridized carbons (Fsp3) is 0.208. The number of hydrogen-bond acceptors (Lipinski definition) is 8. The highest BCUT2D eigenvalue weighted by Gasteiger charge is 2.20. The largest absolute Gasteiger partial charge is 0.408 e. The van der Waals surface area contributed by atoms with E-state index >= 15 is 0 Å². The van der Waals surface area contributed by atoms with Gasteiger partial charge in [0.05, 0.1) is 36.0 Å². The zero-order valence-electron chi connectivity index (χ0n) is 18.5. The van der Waals surface area contributed by atoms with E-state index in [2.05, 4.69) is 15.0 Å². The van der Waals surface area contributed by atoms with Gasteiger partial charge in [0.25, 0.3) is 16.4 Å². The Hall–Kier alpha value is -3.93. The first kappa shape index (κ1) is 21.6. The van der Waals surface area contributed by atoms with Gasteiger partial charge in [-0.1, -0.05) is 30.3 Å². The topological polar surface area (TPSA) is 115 Å². The average molecular weight is 489 g/mol. The van der Waals surface area contributed by atoms with Gasteiger partial charge < -0.3 is 14.1 Å². The van der Waals surface area contributed by atoms with Crippen LogP contribution in [0.15, 0.2) is 59.0 Å². The third kappa shape index (κ3) is 3.99. The van der Waals surface area contributed by atoms with E-state index < -0.39 is 4.92 Å². The number of hydrogen-bond donors (Lipinski definition) is 1. The predicted molar refractivity (Wildman–Crippen MR) is 132 cm³/mol. The van der Waals surface area contributed by atoms with Crippen molar-refractivity contribution in [3.05, 3.63) is 69.5 Å². The Morgan fingerprint density at radius 2 is 1.91 bits per heavy atom. The number of fused-ring (bicyclic) bond motifs is 3. The number of ether oxygens (including phenoxy) is 1. The van der Waals surface area contributed by atoms with Crippen LogP contribution in [0.3, 0.4) is 0 Å². The van der Waals surface area contributed by atoms with Crippen LogP contribution in [-0.2, 0) is 11.4 Å². The van der Waals surface area contributed by atoms with Gasteiger partial charge in [0, 0.05) is 47.1 Å². The van der Waals surface area contributed by atoms with Gasteiger partial charge in [0.15, 0.2) is 0 Å². The molecule has 1 N–H and O–H groups in total. The summed E-state index contributed by atoms with van der Waals surface area (Å²) in [5, 5.41) is 17.9. The van der Waals surface area contributed by atoms with E-state index in [1.165, 1.54) is 12.1 Å². The molecule has 6 rings (SSSR count). The Labute approximate surface area is 203 Å². The van der Waals surface area contributed by atoms with Crippen LogP contribution in [0.1, 0.15) is 0 Å². The highest BCUT2D eigenvalue weighted by atomic mass is 32.1. The molecular formula is C24H20N6O4S. The van der Waals surface area contributed by atoms with Crippen LogP contribution in [-0.4, -0.2) is 55.9 Å². The summed E-state index contributed by atoms with van der Waals surface area (Å²) in [6.45, 7) is 3.42. The van der Waals surface area contributed by atoms with Gasteiger partial charge in [0.1, 0.15) is 5.69 Å². The van der Waals surface area contributed by atoms with Crippen molar-refractivity contribution < 1.29 is 14.1 Å². The number of pyridine rings is 1. The lowest BCUT2D eigenvalue weighted by atomic mass is 10.1. The van der Waals surface area contributed by atoms with Crippen molar-refractivity contribution in [3.8, 4) is 22.8 Å². The van der Waals surface area contributed by atoms with Crippen molar-refractivity contribution in [3.63, 3.8) is 0 Å². The van der Waals surface area contributed by atoms with E-state index in [0.29, 0.717) is 42.7 Å². The molecule has 0 spiro atoms.